The molecule has 20 heavy (non-hydrogen) atoms. The van der Waals surface area contributed by atoms with Crippen LogP contribution in [0.15, 0.2) is 36.4 Å². The van der Waals surface area contributed by atoms with E-state index in [0.717, 1.165) is 17.7 Å². The molecule has 2 aromatic carbocycles. The first-order valence-electron chi connectivity index (χ1n) is 6.04. The van der Waals surface area contributed by atoms with E-state index in [-0.39, 0.29) is 11.3 Å². The van der Waals surface area contributed by atoms with E-state index >= 15 is 0 Å². The molecule has 0 aromatic heterocycles. The molecule has 0 fully saturated rings. The van der Waals surface area contributed by atoms with E-state index in [1.807, 2.05) is 0 Å². The number of hydrogen-bond donors (Lipinski definition) is 1. The van der Waals surface area contributed by atoms with Crippen LogP contribution in [0.25, 0.3) is 0 Å². The predicted octanol–water partition coefficient (Wildman–Crippen LogP) is 3.87. The lowest BCUT2D eigenvalue weighted by Crippen LogP contribution is -2.17. The van der Waals surface area contributed by atoms with E-state index in [4.69, 9.17) is 22.1 Å². The van der Waals surface area contributed by atoms with Crippen LogP contribution in [0, 0.1) is 11.6 Å². The zero-order chi connectivity index (χ0) is 14.7. The highest BCUT2D eigenvalue weighted by Crippen LogP contribution is 2.26. The van der Waals surface area contributed by atoms with Crippen LogP contribution >= 0.6 is 11.6 Å². The summed E-state index contributed by atoms with van der Waals surface area (Å²) in [4.78, 5) is 0. The van der Waals surface area contributed by atoms with E-state index in [0.29, 0.717) is 11.4 Å². The van der Waals surface area contributed by atoms with Gasteiger partial charge in [0, 0.05) is 28.8 Å². The van der Waals surface area contributed by atoms with Gasteiger partial charge in [-0.2, -0.15) is 0 Å². The summed E-state index contributed by atoms with van der Waals surface area (Å²) in [5.41, 5.74) is 6.62. The Morgan fingerprint density at radius 3 is 2.20 bits per heavy atom. The number of nitrogens with two attached hydrogens (primary N) is 1. The van der Waals surface area contributed by atoms with Crippen molar-refractivity contribution in [2.45, 2.75) is 12.5 Å². The smallest absolute Gasteiger partial charge is 0.134 e. The molecule has 0 saturated carbocycles. The number of benzene rings is 2. The molecule has 2 rings (SSSR count). The van der Waals surface area contributed by atoms with E-state index < -0.39 is 17.7 Å². The lowest BCUT2D eigenvalue weighted by atomic mass is 9.98. The Hall–Kier alpha value is -1.65. The summed E-state index contributed by atoms with van der Waals surface area (Å²) < 4.78 is 32.6. The second-order valence-electron chi connectivity index (χ2n) is 4.44. The molecule has 1 atom stereocenters. The molecule has 106 valence electrons. The fourth-order valence-corrected chi connectivity index (χ4v) is 2.14. The summed E-state index contributed by atoms with van der Waals surface area (Å²) in [5, 5.41) is 0.601. The summed E-state index contributed by atoms with van der Waals surface area (Å²) >= 11 is 5.78. The summed E-state index contributed by atoms with van der Waals surface area (Å²) in [5.74, 6) is -1.28. The standard InChI is InChI=1S/C15H14ClF2NO/c1-20-11-7-12(17)15(13(18)8-11)14(19)6-9-2-4-10(16)5-3-9/h2-5,7-8,14H,6,19H2,1H3. The lowest BCUT2D eigenvalue weighted by Gasteiger charge is -2.15. The maximum Gasteiger partial charge on any atom is 0.134 e. The Balaban J connectivity index is 2.25. The minimum absolute atomic E-state index is 0.127. The molecule has 0 heterocycles. The molecule has 2 aromatic rings. The van der Waals surface area contributed by atoms with Crippen molar-refractivity contribution >= 4 is 11.6 Å². The van der Waals surface area contributed by atoms with Crippen molar-refractivity contribution in [3.05, 3.63) is 64.2 Å². The number of rotatable bonds is 4. The maximum atomic E-state index is 13.9. The quantitative estimate of drug-likeness (QED) is 0.930. The Kier molecular flexibility index (Phi) is 4.57. The molecule has 2 N–H and O–H groups in total. The van der Waals surface area contributed by atoms with Crippen molar-refractivity contribution in [3.8, 4) is 5.75 Å². The zero-order valence-corrected chi connectivity index (χ0v) is 11.6. The molecule has 0 aliphatic heterocycles. The first-order valence-corrected chi connectivity index (χ1v) is 6.42. The second kappa shape index (κ2) is 6.20. The predicted molar refractivity (Wildman–Crippen MR) is 75.0 cm³/mol. The fourth-order valence-electron chi connectivity index (χ4n) is 2.01. The average Bonchev–Trinajstić information content (AvgIpc) is 2.40. The fraction of sp³-hybridized carbons (Fsp3) is 0.200. The molecule has 0 radical (unpaired) electrons. The van der Waals surface area contributed by atoms with Crippen molar-refractivity contribution in [1.29, 1.82) is 0 Å². The van der Waals surface area contributed by atoms with Crippen molar-refractivity contribution < 1.29 is 13.5 Å². The highest BCUT2D eigenvalue weighted by atomic mass is 35.5. The summed E-state index contributed by atoms with van der Waals surface area (Å²) in [6.07, 6.45) is 0.317. The van der Waals surface area contributed by atoms with Gasteiger partial charge in [0.2, 0.25) is 0 Å². The van der Waals surface area contributed by atoms with Crippen LogP contribution in [0.4, 0.5) is 8.78 Å². The molecule has 0 amide bonds. The SMILES string of the molecule is COc1cc(F)c(C(N)Cc2ccc(Cl)cc2)c(F)c1. The summed E-state index contributed by atoms with van der Waals surface area (Å²) in [6.45, 7) is 0. The number of halogens is 3. The van der Waals surface area contributed by atoms with Gasteiger partial charge in [0.05, 0.1) is 7.11 Å². The van der Waals surface area contributed by atoms with Gasteiger partial charge in [0.1, 0.15) is 17.4 Å². The van der Waals surface area contributed by atoms with Gasteiger partial charge in [-0.25, -0.2) is 8.78 Å². The molecule has 0 aliphatic rings. The van der Waals surface area contributed by atoms with Crippen molar-refractivity contribution in [2.24, 2.45) is 5.73 Å². The van der Waals surface area contributed by atoms with Gasteiger partial charge in [-0.05, 0) is 24.1 Å². The minimum Gasteiger partial charge on any atom is -0.497 e. The topological polar surface area (TPSA) is 35.2 Å². The Morgan fingerprint density at radius 2 is 1.70 bits per heavy atom. The van der Waals surface area contributed by atoms with E-state index in [2.05, 4.69) is 0 Å². The third kappa shape index (κ3) is 3.26. The average molecular weight is 298 g/mol. The molecule has 0 bridgehead atoms. The van der Waals surface area contributed by atoms with E-state index in [1.165, 1.54) is 7.11 Å². The third-order valence-corrected chi connectivity index (χ3v) is 3.28. The number of ether oxygens (including phenoxy) is 1. The molecule has 1 unspecified atom stereocenters. The molecule has 2 nitrogen and oxygen atoms in total. The maximum absolute atomic E-state index is 13.9. The largest absolute Gasteiger partial charge is 0.497 e. The Morgan fingerprint density at radius 1 is 1.15 bits per heavy atom. The van der Waals surface area contributed by atoms with Crippen molar-refractivity contribution in [2.75, 3.05) is 7.11 Å². The van der Waals surface area contributed by atoms with Gasteiger partial charge in [-0.3, -0.25) is 0 Å². The van der Waals surface area contributed by atoms with Crippen LogP contribution in [0.2, 0.25) is 5.02 Å². The zero-order valence-electron chi connectivity index (χ0n) is 10.9. The first kappa shape index (κ1) is 14.8. The second-order valence-corrected chi connectivity index (χ2v) is 4.88. The van der Waals surface area contributed by atoms with Gasteiger partial charge in [0.25, 0.3) is 0 Å². The molecular weight excluding hydrogens is 284 g/mol. The van der Waals surface area contributed by atoms with Crippen LogP contribution in [-0.4, -0.2) is 7.11 Å². The Bertz CT molecular complexity index is 578. The molecule has 0 saturated heterocycles. The van der Waals surface area contributed by atoms with Crippen LogP contribution in [0.5, 0.6) is 5.75 Å². The Labute approximate surface area is 121 Å². The van der Waals surface area contributed by atoms with Gasteiger partial charge < -0.3 is 10.5 Å². The van der Waals surface area contributed by atoms with E-state index in [1.54, 1.807) is 24.3 Å². The van der Waals surface area contributed by atoms with Gasteiger partial charge >= 0.3 is 0 Å². The highest BCUT2D eigenvalue weighted by Gasteiger charge is 2.18. The molecule has 0 aliphatic carbocycles. The number of methoxy groups -OCH3 is 1. The third-order valence-electron chi connectivity index (χ3n) is 3.03. The van der Waals surface area contributed by atoms with Gasteiger partial charge in [-0.1, -0.05) is 23.7 Å². The van der Waals surface area contributed by atoms with Crippen molar-refractivity contribution in [1.82, 2.24) is 0 Å². The molecule has 0 spiro atoms. The normalized spacial score (nSPS) is 12.2. The molecule has 5 heteroatoms. The summed E-state index contributed by atoms with van der Waals surface area (Å²) in [7, 11) is 1.35. The van der Waals surface area contributed by atoms with Crippen LogP contribution in [-0.2, 0) is 6.42 Å². The molecular formula is C15H14ClF2NO. The lowest BCUT2D eigenvalue weighted by molar-refractivity contribution is 0.403. The van der Waals surface area contributed by atoms with Crippen LogP contribution in [0.1, 0.15) is 17.2 Å². The van der Waals surface area contributed by atoms with Gasteiger partial charge in [0.15, 0.2) is 0 Å². The first-order chi connectivity index (χ1) is 9.51. The van der Waals surface area contributed by atoms with Crippen LogP contribution < -0.4 is 10.5 Å². The van der Waals surface area contributed by atoms with Gasteiger partial charge in [-0.15, -0.1) is 0 Å². The van der Waals surface area contributed by atoms with E-state index in [9.17, 15) is 8.78 Å². The highest BCUT2D eigenvalue weighted by molar-refractivity contribution is 6.30. The minimum atomic E-state index is -0.776. The van der Waals surface area contributed by atoms with Crippen LogP contribution in [0.3, 0.4) is 0 Å². The number of hydrogen-bond acceptors (Lipinski definition) is 2. The van der Waals surface area contributed by atoms with Crippen molar-refractivity contribution in [3.63, 3.8) is 0 Å². The monoisotopic (exact) mass is 297 g/mol. The summed E-state index contributed by atoms with van der Waals surface area (Å²) in [6, 6.07) is 8.46.